The summed E-state index contributed by atoms with van der Waals surface area (Å²) in [5, 5.41) is 0. The molecule has 0 rings (SSSR count). The fourth-order valence-corrected chi connectivity index (χ4v) is 1.25. The zero-order valence-electron chi connectivity index (χ0n) is 9.54. The highest BCUT2D eigenvalue weighted by Gasteiger charge is 1.81. The SMILES string of the molecule is C=CCC=CCCC=CCCCCC. The Bertz CT molecular complexity index is 163. The third-order valence-electron chi connectivity index (χ3n) is 2.11. The molecule has 14 heavy (non-hydrogen) atoms. The van der Waals surface area contributed by atoms with Crippen LogP contribution >= 0.6 is 0 Å². The number of rotatable bonds is 9. The van der Waals surface area contributed by atoms with Crippen molar-refractivity contribution in [2.45, 2.75) is 51.9 Å². The molecule has 0 nitrogen and oxygen atoms in total. The highest BCUT2D eigenvalue weighted by Crippen LogP contribution is 2.01. The summed E-state index contributed by atoms with van der Waals surface area (Å²) < 4.78 is 0. The van der Waals surface area contributed by atoms with Crippen molar-refractivity contribution in [1.82, 2.24) is 0 Å². The second-order valence-electron chi connectivity index (χ2n) is 3.54. The van der Waals surface area contributed by atoms with Gasteiger partial charge >= 0.3 is 0 Å². The van der Waals surface area contributed by atoms with E-state index in [9.17, 15) is 0 Å². The molecular formula is C14H24. The van der Waals surface area contributed by atoms with Crippen LogP contribution in [-0.4, -0.2) is 0 Å². The van der Waals surface area contributed by atoms with Crippen molar-refractivity contribution < 1.29 is 0 Å². The van der Waals surface area contributed by atoms with E-state index < -0.39 is 0 Å². The van der Waals surface area contributed by atoms with Crippen LogP contribution in [0.4, 0.5) is 0 Å². The van der Waals surface area contributed by atoms with Crippen LogP contribution in [0.1, 0.15) is 51.9 Å². The van der Waals surface area contributed by atoms with E-state index >= 15 is 0 Å². The van der Waals surface area contributed by atoms with Crippen molar-refractivity contribution in [3.05, 3.63) is 37.0 Å². The quantitative estimate of drug-likeness (QED) is 0.355. The van der Waals surface area contributed by atoms with E-state index in [0.29, 0.717) is 0 Å². The van der Waals surface area contributed by atoms with Gasteiger partial charge in [0.05, 0.1) is 0 Å². The minimum Gasteiger partial charge on any atom is -0.103 e. The molecule has 0 spiro atoms. The largest absolute Gasteiger partial charge is 0.103 e. The maximum Gasteiger partial charge on any atom is -0.0172 e. The maximum absolute atomic E-state index is 3.67. The zero-order chi connectivity index (χ0) is 10.5. The van der Waals surface area contributed by atoms with Crippen LogP contribution in [0.15, 0.2) is 37.0 Å². The zero-order valence-corrected chi connectivity index (χ0v) is 9.54. The van der Waals surface area contributed by atoms with Gasteiger partial charge in [-0.15, -0.1) is 6.58 Å². The van der Waals surface area contributed by atoms with Crippen LogP contribution < -0.4 is 0 Å². The molecule has 0 amide bonds. The minimum absolute atomic E-state index is 1.00. The first-order valence-electron chi connectivity index (χ1n) is 5.82. The fourth-order valence-electron chi connectivity index (χ4n) is 1.25. The highest BCUT2D eigenvalue weighted by atomic mass is 13.9. The third-order valence-corrected chi connectivity index (χ3v) is 2.11. The summed E-state index contributed by atoms with van der Waals surface area (Å²) in [5.74, 6) is 0. The smallest absolute Gasteiger partial charge is 0.0172 e. The Balaban J connectivity index is 3.14. The Morgan fingerprint density at radius 1 is 0.857 bits per heavy atom. The summed E-state index contributed by atoms with van der Waals surface area (Å²) in [7, 11) is 0. The van der Waals surface area contributed by atoms with Crippen LogP contribution in [0.2, 0.25) is 0 Å². The molecule has 80 valence electrons. The second kappa shape index (κ2) is 12.2. The molecular weight excluding hydrogens is 168 g/mol. The summed E-state index contributed by atoms with van der Waals surface area (Å²) in [5.41, 5.74) is 0. The topological polar surface area (TPSA) is 0 Å². The highest BCUT2D eigenvalue weighted by molar-refractivity contribution is 4.91. The molecule has 0 aliphatic carbocycles. The first kappa shape index (κ1) is 13.2. The molecule has 0 atom stereocenters. The second-order valence-corrected chi connectivity index (χ2v) is 3.54. The molecule has 0 heterocycles. The summed E-state index contributed by atoms with van der Waals surface area (Å²) >= 11 is 0. The van der Waals surface area contributed by atoms with Crippen molar-refractivity contribution >= 4 is 0 Å². The van der Waals surface area contributed by atoms with Crippen LogP contribution in [0.25, 0.3) is 0 Å². The Hall–Kier alpha value is -0.780. The Morgan fingerprint density at radius 2 is 1.50 bits per heavy atom. The van der Waals surface area contributed by atoms with E-state index in [-0.39, 0.29) is 0 Å². The monoisotopic (exact) mass is 192 g/mol. The summed E-state index contributed by atoms with van der Waals surface area (Å²) in [6, 6.07) is 0. The molecule has 0 N–H and O–H groups in total. The van der Waals surface area contributed by atoms with Crippen LogP contribution in [-0.2, 0) is 0 Å². The van der Waals surface area contributed by atoms with Crippen LogP contribution in [0.3, 0.4) is 0 Å². The van der Waals surface area contributed by atoms with E-state index in [1.807, 2.05) is 6.08 Å². The van der Waals surface area contributed by atoms with Gasteiger partial charge in [-0.3, -0.25) is 0 Å². The number of allylic oxidation sites excluding steroid dienone is 5. The Morgan fingerprint density at radius 3 is 2.14 bits per heavy atom. The van der Waals surface area contributed by atoms with Crippen molar-refractivity contribution in [3.8, 4) is 0 Å². The maximum atomic E-state index is 3.67. The van der Waals surface area contributed by atoms with Gasteiger partial charge in [0, 0.05) is 0 Å². The summed E-state index contributed by atoms with van der Waals surface area (Å²) in [6.07, 6.45) is 19.6. The molecule has 0 saturated carbocycles. The molecule has 0 fully saturated rings. The normalized spacial score (nSPS) is 11.5. The van der Waals surface area contributed by atoms with Crippen LogP contribution in [0, 0.1) is 0 Å². The lowest BCUT2D eigenvalue weighted by Gasteiger charge is -1.91. The Kier molecular flexibility index (Phi) is 11.5. The van der Waals surface area contributed by atoms with Gasteiger partial charge in [-0.2, -0.15) is 0 Å². The average Bonchev–Trinajstić information content (AvgIpc) is 2.21. The number of unbranched alkanes of at least 4 members (excludes halogenated alkanes) is 4. The summed E-state index contributed by atoms with van der Waals surface area (Å²) in [6.45, 7) is 5.92. The standard InChI is InChI=1S/C14H24/c1-3-5-7-9-11-13-14-12-10-8-6-4-2/h3,7,9,12,14H,1,4-6,8,10-11,13H2,2H3. The van der Waals surface area contributed by atoms with E-state index in [4.69, 9.17) is 0 Å². The molecule has 0 radical (unpaired) electrons. The van der Waals surface area contributed by atoms with Gasteiger partial charge in [0.2, 0.25) is 0 Å². The van der Waals surface area contributed by atoms with Gasteiger partial charge in [-0.1, -0.05) is 50.1 Å². The first-order chi connectivity index (χ1) is 6.91. The van der Waals surface area contributed by atoms with Crippen LogP contribution in [0.5, 0.6) is 0 Å². The molecule has 0 aromatic heterocycles. The first-order valence-corrected chi connectivity index (χ1v) is 5.82. The molecule has 0 aliphatic rings. The van der Waals surface area contributed by atoms with E-state index in [1.54, 1.807) is 0 Å². The lowest BCUT2D eigenvalue weighted by Crippen LogP contribution is -1.71. The number of hydrogen-bond donors (Lipinski definition) is 0. The molecule has 0 heteroatoms. The fraction of sp³-hybridized carbons (Fsp3) is 0.571. The predicted octanol–water partition coefficient (Wildman–Crippen LogP) is 5.04. The average molecular weight is 192 g/mol. The van der Waals surface area contributed by atoms with Gasteiger partial charge in [0.15, 0.2) is 0 Å². The van der Waals surface area contributed by atoms with Gasteiger partial charge < -0.3 is 0 Å². The van der Waals surface area contributed by atoms with Crippen molar-refractivity contribution in [2.75, 3.05) is 0 Å². The predicted molar refractivity (Wildman–Crippen MR) is 66.5 cm³/mol. The van der Waals surface area contributed by atoms with E-state index in [0.717, 1.165) is 12.8 Å². The van der Waals surface area contributed by atoms with Gasteiger partial charge in [-0.05, 0) is 32.1 Å². The van der Waals surface area contributed by atoms with E-state index in [1.165, 1.54) is 32.1 Å². The minimum atomic E-state index is 1.00. The van der Waals surface area contributed by atoms with Gasteiger partial charge in [-0.25, -0.2) is 0 Å². The third kappa shape index (κ3) is 11.2. The van der Waals surface area contributed by atoms with Gasteiger partial charge in [0.25, 0.3) is 0 Å². The van der Waals surface area contributed by atoms with Gasteiger partial charge in [0.1, 0.15) is 0 Å². The summed E-state index contributed by atoms with van der Waals surface area (Å²) in [4.78, 5) is 0. The molecule has 0 aromatic rings. The Labute approximate surface area is 89.4 Å². The van der Waals surface area contributed by atoms with E-state index in [2.05, 4.69) is 37.8 Å². The number of hydrogen-bond acceptors (Lipinski definition) is 0. The lowest BCUT2D eigenvalue weighted by molar-refractivity contribution is 0.728. The van der Waals surface area contributed by atoms with Crippen molar-refractivity contribution in [2.24, 2.45) is 0 Å². The molecule has 0 aliphatic heterocycles. The molecule has 0 saturated heterocycles. The molecule has 0 unspecified atom stereocenters. The molecule has 0 bridgehead atoms. The van der Waals surface area contributed by atoms with Crippen molar-refractivity contribution in [3.63, 3.8) is 0 Å². The van der Waals surface area contributed by atoms with Crippen molar-refractivity contribution in [1.29, 1.82) is 0 Å². The lowest BCUT2D eigenvalue weighted by atomic mass is 10.2. The molecule has 0 aromatic carbocycles.